The zero-order valence-corrected chi connectivity index (χ0v) is 14.6. The van der Waals surface area contributed by atoms with Crippen LogP contribution in [0.3, 0.4) is 0 Å². The Morgan fingerprint density at radius 3 is 2.62 bits per heavy atom. The van der Waals surface area contributed by atoms with Crippen LogP contribution in [-0.4, -0.2) is 41.9 Å². The van der Waals surface area contributed by atoms with E-state index in [0.29, 0.717) is 13.0 Å². The van der Waals surface area contributed by atoms with Gasteiger partial charge in [0.25, 0.3) is 0 Å². The molecule has 2 heterocycles. The standard InChI is InChI=1S/C18H30N4O2/c1-2-7-16(23)14-21-18(24)20-13-15-8-9-17(19-12-15)22-10-5-3-4-6-11-22/h8-9,12,16,23H,2-7,10-11,13-14H2,1H3,(H2,20,21,24). The Balaban J connectivity index is 1.74. The predicted molar refractivity (Wildman–Crippen MR) is 96.1 cm³/mol. The first-order chi connectivity index (χ1) is 11.7. The van der Waals surface area contributed by atoms with Crippen molar-refractivity contribution in [2.75, 3.05) is 24.5 Å². The van der Waals surface area contributed by atoms with E-state index in [1.54, 1.807) is 0 Å². The number of aliphatic hydroxyl groups is 1. The highest BCUT2D eigenvalue weighted by Gasteiger charge is 2.11. The van der Waals surface area contributed by atoms with E-state index < -0.39 is 6.10 Å². The van der Waals surface area contributed by atoms with E-state index in [1.165, 1.54) is 25.7 Å². The maximum absolute atomic E-state index is 11.7. The predicted octanol–water partition coefficient (Wildman–Crippen LogP) is 2.42. The van der Waals surface area contributed by atoms with Crippen LogP contribution in [0.25, 0.3) is 0 Å². The Kier molecular flexibility index (Phi) is 7.82. The zero-order chi connectivity index (χ0) is 17.2. The molecule has 2 rings (SSSR count). The number of hydrogen-bond acceptors (Lipinski definition) is 4. The lowest BCUT2D eigenvalue weighted by molar-refractivity contribution is 0.160. The van der Waals surface area contributed by atoms with Gasteiger partial charge < -0.3 is 20.6 Å². The summed E-state index contributed by atoms with van der Waals surface area (Å²) in [6, 6.07) is 3.78. The molecule has 6 nitrogen and oxygen atoms in total. The molecule has 1 aliphatic rings. The van der Waals surface area contributed by atoms with Crippen LogP contribution in [0.5, 0.6) is 0 Å². The number of nitrogens with zero attached hydrogens (tertiary/aromatic N) is 2. The highest BCUT2D eigenvalue weighted by Crippen LogP contribution is 2.17. The van der Waals surface area contributed by atoms with Crippen LogP contribution in [0.4, 0.5) is 10.6 Å². The third-order valence-electron chi connectivity index (χ3n) is 4.31. The summed E-state index contributed by atoms with van der Waals surface area (Å²) < 4.78 is 0. The number of pyridine rings is 1. The molecule has 24 heavy (non-hydrogen) atoms. The first-order valence-electron chi connectivity index (χ1n) is 9.08. The van der Waals surface area contributed by atoms with E-state index in [4.69, 9.17) is 0 Å². The number of hydrogen-bond donors (Lipinski definition) is 3. The zero-order valence-electron chi connectivity index (χ0n) is 14.6. The molecular weight excluding hydrogens is 304 g/mol. The Hall–Kier alpha value is -1.82. The Morgan fingerprint density at radius 1 is 1.25 bits per heavy atom. The molecule has 1 saturated heterocycles. The van der Waals surface area contributed by atoms with Gasteiger partial charge in [-0.15, -0.1) is 0 Å². The maximum Gasteiger partial charge on any atom is 0.315 e. The van der Waals surface area contributed by atoms with Crippen molar-refractivity contribution in [2.24, 2.45) is 0 Å². The molecule has 6 heteroatoms. The van der Waals surface area contributed by atoms with E-state index in [0.717, 1.165) is 30.9 Å². The quantitative estimate of drug-likeness (QED) is 0.716. The van der Waals surface area contributed by atoms with Crippen molar-refractivity contribution in [2.45, 2.75) is 58.1 Å². The maximum atomic E-state index is 11.7. The van der Waals surface area contributed by atoms with Gasteiger partial charge in [0, 0.05) is 32.4 Å². The number of amides is 2. The van der Waals surface area contributed by atoms with Crippen molar-refractivity contribution in [3.8, 4) is 0 Å². The van der Waals surface area contributed by atoms with Crippen LogP contribution in [0.15, 0.2) is 18.3 Å². The van der Waals surface area contributed by atoms with Gasteiger partial charge >= 0.3 is 6.03 Å². The van der Waals surface area contributed by atoms with Gasteiger partial charge in [0.1, 0.15) is 5.82 Å². The molecule has 3 N–H and O–H groups in total. The molecule has 0 aromatic carbocycles. The fourth-order valence-corrected chi connectivity index (χ4v) is 2.90. The average Bonchev–Trinajstić information content (AvgIpc) is 2.88. The summed E-state index contributed by atoms with van der Waals surface area (Å²) in [5.74, 6) is 1.02. The molecule has 0 radical (unpaired) electrons. The minimum atomic E-state index is -0.477. The van der Waals surface area contributed by atoms with Crippen LogP contribution < -0.4 is 15.5 Å². The van der Waals surface area contributed by atoms with Gasteiger partial charge in [-0.25, -0.2) is 9.78 Å². The summed E-state index contributed by atoms with van der Waals surface area (Å²) in [4.78, 5) is 18.6. The highest BCUT2D eigenvalue weighted by atomic mass is 16.3. The normalized spacial score (nSPS) is 16.3. The lowest BCUT2D eigenvalue weighted by Gasteiger charge is -2.21. The van der Waals surface area contributed by atoms with Crippen molar-refractivity contribution in [3.63, 3.8) is 0 Å². The number of rotatable bonds is 7. The lowest BCUT2D eigenvalue weighted by atomic mass is 10.2. The van der Waals surface area contributed by atoms with E-state index in [9.17, 15) is 9.90 Å². The number of carbonyl (C=O) groups is 1. The molecule has 1 atom stereocenters. The molecule has 1 aliphatic heterocycles. The molecule has 1 aromatic heterocycles. The third kappa shape index (κ3) is 6.35. The molecule has 2 amide bonds. The second-order valence-corrected chi connectivity index (χ2v) is 6.43. The second kappa shape index (κ2) is 10.1. The lowest BCUT2D eigenvalue weighted by Crippen LogP contribution is -2.39. The van der Waals surface area contributed by atoms with Crippen LogP contribution in [0.1, 0.15) is 51.0 Å². The number of carbonyl (C=O) groups excluding carboxylic acids is 1. The first kappa shape index (κ1) is 18.5. The molecule has 0 spiro atoms. The molecule has 1 aromatic rings. The van der Waals surface area contributed by atoms with Crippen LogP contribution in [-0.2, 0) is 6.54 Å². The minimum Gasteiger partial charge on any atom is -0.391 e. The fourth-order valence-electron chi connectivity index (χ4n) is 2.90. The van der Waals surface area contributed by atoms with Crippen molar-refractivity contribution in [3.05, 3.63) is 23.9 Å². The minimum absolute atomic E-state index is 0.262. The van der Waals surface area contributed by atoms with Crippen molar-refractivity contribution < 1.29 is 9.90 Å². The van der Waals surface area contributed by atoms with E-state index >= 15 is 0 Å². The summed E-state index contributed by atoms with van der Waals surface area (Å²) >= 11 is 0. The van der Waals surface area contributed by atoms with E-state index in [1.807, 2.05) is 25.3 Å². The topological polar surface area (TPSA) is 77.5 Å². The van der Waals surface area contributed by atoms with Crippen LogP contribution in [0, 0.1) is 0 Å². The van der Waals surface area contributed by atoms with Crippen LogP contribution in [0.2, 0.25) is 0 Å². The molecule has 134 valence electrons. The largest absolute Gasteiger partial charge is 0.391 e. The Morgan fingerprint density at radius 2 is 2.00 bits per heavy atom. The Bertz CT molecular complexity index is 484. The summed E-state index contributed by atoms with van der Waals surface area (Å²) in [5.41, 5.74) is 0.970. The fraction of sp³-hybridized carbons (Fsp3) is 0.667. The molecule has 1 fully saturated rings. The van der Waals surface area contributed by atoms with Gasteiger partial charge in [-0.05, 0) is 30.9 Å². The van der Waals surface area contributed by atoms with Crippen LogP contribution >= 0.6 is 0 Å². The highest BCUT2D eigenvalue weighted by molar-refractivity contribution is 5.73. The van der Waals surface area contributed by atoms with Crippen molar-refractivity contribution in [1.82, 2.24) is 15.6 Å². The summed E-state index contributed by atoms with van der Waals surface area (Å²) in [6.07, 6.45) is 8.02. The number of aliphatic hydroxyl groups excluding tert-OH is 1. The summed E-state index contributed by atoms with van der Waals surface area (Å²) in [7, 11) is 0. The number of anilines is 1. The van der Waals surface area contributed by atoms with E-state index in [2.05, 4.69) is 20.5 Å². The first-order valence-corrected chi connectivity index (χ1v) is 9.08. The molecule has 1 unspecified atom stereocenters. The number of aromatic nitrogens is 1. The molecule has 0 bridgehead atoms. The van der Waals surface area contributed by atoms with Gasteiger partial charge in [0.2, 0.25) is 0 Å². The average molecular weight is 334 g/mol. The van der Waals surface area contributed by atoms with Crippen molar-refractivity contribution in [1.29, 1.82) is 0 Å². The molecular formula is C18H30N4O2. The van der Waals surface area contributed by atoms with Gasteiger partial charge in [-0.1, -0.05) is 32.3 Å². The Labute approximate surface area is 144 Å². The number of urea groups is 1. The van der Waals surface area contributed by atoms with E-state index in [-0.39, 0.29) is 12.6 Å². The third-order valence-corrected chi connectivity index (χ3v) is 4.31. The second-order valence-electron chi connectivity index (χ2n) is 6.43. The monoisotopic (exact) mass is 334 g/mol. The van der Waals surface area contributed by atoms with Gasteiger partial charge in [0.15, 0.2) is 0 Å². The van der Waals surface area contributed by atoms with Gasteiger partial charge in [0.05, 0.1) is 6.10 Å². The number of nitrogens with one attached hydrogen (secondary N) is 2. The smallest absolute Gasteiger partial charge is 0.315 e. The molecule has 0 aliphatic carbocycles. The molecule has 0 saturated carbocycles. The summed E-state index contributed by atoms with van der Waals surface area (Å²) in [6.45, 7) is 4.88. The SMILES string of the molecule is CCCC(O)CNC(=O)NCc1ccc(N2CCCCCC2)nc1. The van der Waals surface area contributed by atoms with Crippen molar-refractivity contribution >= 4 is 11.8 Å². The van der Waals surface area contributed by atoms with Gasteiger partial charge in [-0.3, -0.25) is 0 Å². The summed E-state index contributed by atoms with van der Waals surface area (Å²) in [5, 5.41) is 15.1. The van der Waals surface area contributed by atoms with Gasteiger partial charge in [-0.2, -0.15) is 0 Å².